The van der Waals surface area contributed by atoms with E-state index in [9.17, 15) is 0 Å². The van der Waals surface area contributed by atoms with Crippen LogP contribution < -0.4 is 11.1 Å². The fraction of sp³-hybridized carbons (Fsp3) is 0.267. The van der Waals surface area contributed by atoms with E-state index in [4.69, 9.17) is 5.73 Å². The van der Waals surface area contributed by atoms with Gasteiger partial charge in [-0.1, -0.05) is 31.2 Å². The number of benzene rings is 1. The first kappa shape index (κ1) is 13.9. The highest BCUT2D eigenvalue weighted by Gasteiger charge is 2.08. The second-order valence-corrected chi connectivity index (χ2v) is 5.47. The second kappa shape index (κ2) is 6.06. The molecule has 1 atom stereocenters. The Kier molecular flexibility index (Phi) is 4.43. The van der Waals surface area contributed by atoms with Gasteiger partial charge in [0.1, 0.15) is 5.82 Å². The van der Waals surface area contributed by atoms with Crippen LogP contribution in [0.15, 0.2) is 41.0 Å². The van der Waals surface area contributed by atoms with Gasteiger partial charge in [-0.05, 0) is 46.5 Å². The Morgan fingerprint density at radius 2 is 2.00 bits per heavy atom. The first-order chi connectivity index (χ1) is 9.10. The molecule has 0 aliphatic rings. The fourth-order valence-electron chi connectivity index (χ4n) is 1.91. The van der Waals surface area contributed by atoms with Gasteiger partial charge in [0.15, 0.2) is 0 Å². The smallest absolute Gasteiger partial charge is 0.149 e. The number of nitrogens with two attached hydrogens (primary N) is 1. The molecule has 19 heavy (non-hydrogen) atoms. The minimum atomic E-state index is 0.168. The summed E-state index contributed by atoms with van der Waals surface area (Å²) in [5, 5.41) is 3.33. The summed E-state index contributed by atoms with van der Waals surface area (Å²) in [5.41, 5.74) is 9.15. The van der Waals surface area contributed by atoms with E-state index in [0.29, 0.717) is 5.69 Å². The third kappa shape index (κ3) is 3.47. The van der Waals surface area contributed by atoms with Crippen LogP contribution in [0.25, 0.3) is 0 Å². The summed E-state index contributed by atoms with van der Waals surface area (Å²) in [6.07, 6.45) is 2.80. The van der Waals surface area contributed by atoms with Gasteiger partial charge in [-0.15, -0.1) is 0 Å². The maximum atomic E-state index is 5.94. The van der Waals surface area contributed by atoms with Gasteiger partial charge in [0.05, 0.1) is 11.7 Å². The van der Waals surface area contributed by atoms with Crippen molar-refractivity contribution in [3.05, 3.63) is 52.1 Å². The largest absolute Gasteiger partial charge is 0.396 e. The molecule has 0 aliphatic carbocycles. The van der Waals surface area contributed by atoms with E-state index in [2.05, 4.69) is 64.3 Å². The van der Waals surface area contributed by atoms with Crippen molar-refractivity contribution in [2.75, 3.05) is 11.1 Å². The highest BCUT2D eigenvalue weighted by molar-refractivity contribution is 9.10. The molecule has 1 aromatic carbocycles. The number of aromatic nitrogens is 1. The van der Waals surface area contributed by atoms with E-state index in [1.165, 1.54) is 11.1 Å². The third-order valence-corrected chi connectivity index (χ3v) is 3.56. The van der Waals surface area contributed by atoms with Crippen LogP contribution in [0, 0.1) is 0 Å². The summed E-state index contributed by atoms with van der Waals surface area (Å²) >= 11 is 3.35. The van der Waals surface area contributed by atoms with E-state index < -0.39 is 0 Å². The van der Waals surface area contributed by atoms with Gasteiger partial charge in [-0.25, -0.2) is 4.98 Å². The maximum absolute atomic E-state index is 5.94. The average Bonchev–Trinajstić information content (AvgIpc) is 2.42. The minimum Gasteiger partial charge on any atom is -0.396 e. The number of aryl methyl sites for hydroxylation is 1. The number of nitrogens with one attached hydrogen (secondary N) is 1. The molecule has 0 fully saturated rings. The summed E-state index contributed by atoms with van der Waals surface area (Å²) in [4.78, 5) is 4.29. The van der Waals surface area contributed by atoms with Crippen molar-refractivity contribution in [2.24, 2.45) is 0 Å². The van der Waals surface area contributed by atoms with Crippen LogP contribution in [0.4, 0.5) is 11.5 Å². The van der Waals surface area contributed by atoms with Crippen molar-refractivity contribution in [2.45, 2.75) is 26.3 Å². The van der Waals surface area contributed by atoms with Crippen molar-refractivity contribution >= 4 is 27.4 Å². The molecule has 0 radical (unpaired) electrons. The molecule has 0 saturated heterocycles. The average molecular weight is 320 g/mol. The molecule has 3 N–H and O–H groups in total. The summed E-state index contributed by atoms with van der Waals surface area (Å²) < 4.78 is 0.885. The molecule has 0 saturated carbocycles. The first-order valence-electron chi connectivity index (χ1n) is 6.36. The van der Waals surface area contributed by atoms with E-state index in [0.717, 1.165) is 16.7 Å². The van der Waals surface area contributed by atoms with Crippen LogP contribution in [0.3, 0.4) is 0 Å². The number of nitrogens with zero attached hydrogens (tertiary/aromatic N) is 1. The molecule has 3 nitrogen and oxygen atoms in total. The van der Waals surface area contributed by atoms with Gasteiger partial charge in [0.2, 0.25) is 0 Å². The normalized spacial score (nSPS) is 12.2. The predicted molar refractivity (Wildman–Crippen MR) is 84.2 cm³/mol. The Labute approximate surface area is 122 Å². The molecule has 0 bridgehead atoms. The Morgan fingerprint density at radius 3 is 2.58 bits per heavy atom. The molecule has 2 rings (SSSR count). The van der Waals surface area contributed by atoms with E-state index in [-0.39, 0.29) is 6.04 Å². The molecule has 0 aliphatic heterocycles. The fourth-order valence-corrected chi connectivity index (χ4v) is 2.25. The lowest BCUT2D eigenvalue weighted by Gasteiger charge is -2.16. The molecule has 0 amide bonds. The summed E-state index contributed by atoms with van der Waals surface area (Å²) in [5.74, 6) is 0.718. The lowest BCUT2D eigenvalue weighted by atomic mass is 10.1. The highest BCUT2D eigenvalue weighted by Crippen LogP contribution is 2.24. The molecule has 100 valence electrons. The number of nitrogen functional groups attached to an aromatic ring is 1. The number of anilines is 2. The van der Waals surface area contributed by atoms with Crippen molar-refractivity contribution in [3.63, 3.8) is 0 Å². The maximum Gasteiger partial charge on any atom is 0.149 e. The number of halogens is 1. The van der Waals surface area contributed by atoms with Gasteiger partial charge < -0.3 is 11.1 Å². The Morgan fingerprint density at radius 1 is 1.32 bits per heavy atom. The molecule has 4 heteroatoms. The van der Waals surface area contributed by atoms with Crippen LogP contribution in [0.1, 0.15) is 31.0 Å². The molecule has 0 spiro atoms. The van der Waals surface area contributed by atoms with E-state index >= 15 is 0 Å². The van der Waals surface area contributed by atoms with Crippen molar-refractivity contribution in [3.8, 4) is 0 Å². The number of pyridine rings is 1. The number of hydrogen-bond donors (Lipinski definition) is 2. The van der Waals surface area contributed by atoms with Crippen molar-refractivity contribution in [1.29, 1.82) is 0 Å². The predicted octanol–water partition coefficient (Wildman–Crippen LogP) is 4.16. The molecule has 1 heterocycles. The number of rotatable bonds is 4. The Balaban J connectivity index is 2.13. The van der Waals surface area contributed by atoms with Gasteiger partial charge >= 0.3 is 0 Å². The zero-order chi connectivity index (χ0) is 13.8. The molecule has 1 unspecified atom stereocenters. The van der Waals surface area contributed by atoms with Crippen LogP contribution in [0.2, 0.25) is 0 Å². The van der Waals surface area contributed by atoms with Crippen molar-refractivity contribution in [1.82, 2.24) is 4.98 Å². The van der Waals surface area contributed by atoms with Gasteiger partial charge in [0, 0.05) is 10.7 Å². The summed E-state index contributed by atoms with van der Waals surface area (Å²) in [7, 11) is 0. The lowest BCUT2D eigenvalue weighted by molar-refractivity contribution is 0.873. The van der Waals surface area contributed by atoms with Gasteiger partial charge in [-0.3, -0.25) is 0 Å². The van der Waals surface area contributed by atoms with Crippen LogP contribution in [0.5, 0.6) is 0 Å². The van der Waals surface area contributed by atoms with Crippen LogP contribution in [-0.2, 0) is 6.42 Å². The van der Waals surface area contributed by atoms with E-state index in [1.807, 2.05) is 6.07 Å². The molecule has 2 aromatic rings. The summed E-state index contributed by atoms with van der Waals surface area (Å²) in [6.45, 7) is 4.26. The van der Waals surface area contributed by atoms with Gasteiger partial charge in [-0.2, -0.15) is 0 Å². The minimum absolute atomic E-state index is 0.168. The van der Waals surface area contributed by atoms with E-state index in [1.54, 1.807) is 6.20 Å². The quantitative estimate of drug-likeness (QED) is 0.889. The zero-order valence-corrected chi connectivity index (χ0v) is 12.7. The van der Waals surface area contributed by atoms with Crippen molar-refractivity contribution < 1.29 is 0 Å². The zero-order valence-electron chi connectivity index (χ0n) is 11.2. The highest BCUT2D eigenvalue weighted by atomic mass is 79.9. The first-order valence-corrected chi connectivity index (χ1v) is 7.16. The standard InChI is InChI=1S/C15H18BrN3/c1-3-11-4-6-12(7-5-11)10(2)19-15-14(17)8-13(16)9-18-15/h4-10H,3,17H2,1-2H3,(H,18,19). The lowest BCUT2D eigenvalue weighted by Crippen LogP contribution is -2.09. The Bertz CT molecular complexity index is 552. The monoisotopic (exact) mass is 319 g/mol. The third-order valence-electron chi connectivity index (χ3n) is 3.12. The molecule has 1 aromatic heterocycles. The Hall–Kier alpha value is -1.55. The second-order valence-electron chi connectivity index (χ2n) is 4.55. The topological polar surface area (TPSA) is 50.9 Å². The molecular formula is C15H18BrN3. The van der Waals surface area contributed by atoms with Crippen LogP contribution >= 0.6 is 15.9 Å². The van der Waals surface area contributed by atoms with Crippen LogP contribution in [-0.4, -0.2) is 4.98 Å². The van der Waals surface area contributed by atoms with Gasteiger partial charge in [0.25, 0.3) is 0 Å². The number of hydrogen-bond acceptors (Lipinski definition) is 3. The SMILES string of the molecule is CCc1ccc(C(C)Nc2ncc(Br)cc2N)cc1. The summed E-state index contributed by atoms with van der Waals surface area (Å²) in [6, 6.07) is 10.6. The molecular weight excluding hydrogens is 302 g/mol.